The number of aromatic nitrogens is 2. The highest BCUT2D eigenvalue weighted by atomic mass is 32.2. The van der Waals surface area contributed by atoms with E-state index in [1.807, 2.05) is 0 Å². The van der Waals surface area contributed by atoms with Crippen LogP contribution in [0.3, 0.4) is 0 Å². The van der Waals surface area contributed by atoms with Crippen molar-refractivity contribution in [1.82, 2.24) is 9.78 Å². The number of carboxylic acids is 1. The van der Waals surface area contributed by atoms with Gasteiger partial charge >= 0.3 is 5.97 Å². The fourth-order valence-corrected chi connectivity index (χ4v) is 3.64. The van der Waals surface area contributed by atoms with Crippen molar-refractivity contribution >= 4 is 15.8 Å². The summed E-state index contributed by atoms with van der Waals surface area (Å²) in [6, 6.07) is 8.73. The first kappa shape index (κ1) is 15.2. The molecule has 1 aromatic heterocycles. The number of aliphatic carboxylic acids is 1. The Balaban J connectivity index is 2.22. The van der Waals surface area contributed by atoms with Gasteiger partial charge in [-0.15, -0.1) is 0 Å². The number of benzene rings is 1. The number of rotatable bonds is 6. The van der Waals surface area contributed by atoms with Gasteiger partial charge < -0.3 is 5.11 Å². The van der Waals surface area contributed by atoms with Gasteiger partial charge in [0.05, 0.1) is 11.9 Å². The molecule has 0 amide bonds. The van der Waals surface area contributed by atoms with Crippen LogP contribution >= 0.6 is 0 Å². The van der Waals surface area contributed by atoms with Gasteiger partial charge in [-0.3, -0.25) is 9.48 Å². The standard InChI is InChI=1S/C14H16N2O4S/c1-16-9-12(8-15-16)10-21(19,20)13(14(17)18)7-11-5-3-2-4-6-11/h2-6,8-9,13H,7,10H2,1H3,(H,17,18). The van der Waals surface area contributed by atoms with E-state index in [2.05, 4.69) is 5.10 Å². The number of carboxylic acid groups (broad SMARTS) is 1. The largest absolute Gasteiger partial charge is 0.480 e. The van der Waals surface area contributed by atoms with Crippen LogP contribution in [-0.2, 0) is 33.9 Å². The Morgan fingerprint density at radius 2 is 1.95 bits per heavy atom. The average Bonchev–Trinajstić information content (AvgIpc) is 2.81. The molecule has 6 nitrogen and oxygen atoms in total. The zero-order chi connectivity index (χ0) is 15.5. The molecule has 1 unspecified atom stereocenters. The second kappa shape index (κ2) is 6.09. The van der Waals surface area contributed by atoms with Crippen LogP contribution in [0.4, 0.5) is 0 Å². The minimum absolute atomic E-state index is 0.0429. The summed E-state index contributed by atoms with van der Waals surface area (Å²) in [6.07, 6.45) is 2.96. The molecule has 1 heterocycles. The van der Waals surface area contributed by atoms with Gasteiger partial charge in [0, 0.05) is 18.8 Å². The summed E-state index contributed by atoms with van der Waals surface area (Å²) in [4.78, 5) is 11.3. The van der Waals surface area contributed by atoms with E-state index in [0.717, 1.165) is 0 Å². The Labute approximate surface area is 123 Å². The van der Waals surface area contributed by atoms with Crippen molar-refractivity contribution in [3.63, 3.8) is 0 Å². The molecule has 112 valence electrons. The molecule has 2 rings (SSSR count). The van der Waals surface area contributed by atoms with E-state index in [1.165, 1.54) is 10.9 Å². The van der Waals surface area contributed by atoms with Crippen LogP contribution in [0.2, 0.25) is 0 Å². The van der Waals surface area contributed by atoms with Gasteiger partial charge in [-0.25, -0.2) is 8.42 Å². The van der Waals surface area contributed by atoms with Crippen LogP contribution in [-0.4, -0.2) is 34.5 Å². The third-order valence-electron chi connectivity index (χ3n) is 3.10. The molecule has 0 aliphatic carbocycles. The lowest BCUT2D eigenvalue weighted by Crippen LogP contribution is -2.33. The summed E-state index contributed by atoms with van der Waals surface area (Å²) >= 11 is 0. The molecule has 1 aromatic carbocycles. The first-order valence-electron chi connectivity index (χ1n) is 6.34. The Bertz CT molecular complexity index is 722. The molecule has 0 fully saturated rings. The van der Waals surface area contributed by atoms with E-state index >= 15 is 0 Å². The lowest BCUT2D eigenvalue weighted by Gasteiger charge is -2.13. The van der Waals surface area contributed by atoms with E-state index in [1.54, 1.807) is 43.6 Å². The van der Waals surface area contributed by atoms with Gasteiger partial charge in [-0.2, -0.15) is 5.10 Å². The number of sulfone groups is 1. The predicted molar refractivity (Wildman–Crippen MR) is 77.4 cm³/mol. The topological polar surface area (TPSA) is 89.3 Å². The van der Waals surface area contributed by atoms with Crippen molar-refractivity contribution in [2.24, 2.45) is 7.05 Å². The zero-order valence-corrected chi connectivity index (χ0v) is 12.3. The zero-order valence-electron chi connectivity index (χ0n) is 11.5. The quantitative estimate of drug-likeness (QED) is 0.861. The minimum Gasteiger partial charge on any atom is -0.480 e. The van der Waals surface area contributed by atoms with Crippen LogP contribution in [0.25, 0.3) is 0 Å². The molecule has 21 heavy (non-hydrogen) atoms. The van der Waals surface area contributed by atoms with Crippen LogP contribution in [0.15, 0.2) is 42.7 Å². The predicted octanol–water partition coefficient (Wildman–Crippen LogP) is 1.03. The fraction of sp³-hybridized carbons (Fsp3) is 0.286. The molecule has 1 atom stereocenters. The van der Waals surface area contributed by atoms with E-state index in [9.17, 15) is 18.3 Å². The molecule has 2 aromatic rings. The molecule has 0 bridgehead atoms. The Morgan fingerprint density at radius 1 is 1.29 bits per heavy atom. The number of nitrogens with zero attached hydrogens (tertiary/aromatic N) is 2. The Hall–Kier alpha value is -2.15. The number of hydrogen-bond donors (Lipinski definition) is 1. The molecule has 1 N–H and O–H groups in total. The fourth-order valence-electron chi connectivity index (χ4n) is 2.08. The Morgan fingerprint density at radius 3 is 2.48 bits per heavy atom. The number of aryl methyl sites for hydroxylation is 1. The molecule has 0 radical (unpaired) electrons. The van der Waals surface area contributed by atoms with Gasteiger partial charge in [0.15, 0.2) is 15.1 Å². The second-order valence-electron chi connectivity index (χ2n) is 4.85. The van der Waals surface area contributed by atoms with Crippen molar-refractivity contribution < 1.29 is 18.3 Å². The van der Waals surface area contributed by atoms with Gasteiger partial charge in [0.2, 0.25) is 0 Å². The molecule has 0 aliphatic rings. The number of carbonyl (C=O) groups is 1. The van der Waals surface area contributed by atoms with Gasteiger partial charge in [0.1, 0.15) is 0 Å². The van der Waals surface area contributed by atoms with E-state index < -0.39 is 21.1 Å². The summed E-state index contributed by atoms with van der Waals surface area (Å²) in [5.74, 6) is -1.66. The maximum absolute atomic E-state index is 12.3. The van der Waals surface area contributed by atoms with Crippen molar-refractivity contribution in [3.8, 4) is 0 Å². The molecular weight excluding hydrogens is 292 g/mol. The van der Waals surface area contributed by atoms with Crippen LogP contribution in [0, 0.1) is 0 Å². The van der Waals surface area contributed by atoms with Crippen LogP contribution in [0.5, 0.6) is 0 Å². The first-order chi connectivity index (χ1) is 9.88. The van der Waals surface area contributed by atoms with Crippen molar-refractivity contribution in [2.45, 2.75) is 17.4 Å². The molecule has 0 saturated carbocycles. The third-order valence-corrected chi connectivity index (χ3v) is 5.07. The molecular formula is C14H16N2O4S. The van der Waals surface area contributed by atoms with Crippen LogP contribution < -0.4 is 0 Å². The lowest BCUT2D eigenvalue weighted by atomic mass is 10.1. The normalized spacial score (nSPS) is 13.0. The van der Waals surface area contributed by atoms with E-state index in [4.69, 9.17) is 0 Å². The number of hydrogen-bond acceptors (Lipinski definition) is 4. The van der Waals surface area contributed by atoms with Crippen LogP contribution in [0.1, 0.15) is 11.1 Å². The van der Waals surface area contributed by atoms with E-state index in [-0.39, 0.29) is 12.2 Å². The molecule has 0 aliphatic heterocycles. The lowest BCUT2D eigenvalue weighted by molar-refractivity contribution is -0.136. The summed E-state index contributed by atoms with van der Waals surface area (Å²) in [6.45, 7) is 0. The summed E-state index contributed by atoms with van der Waals surface area (Å²) in [5, 5.41) is 11.7. The van der Waals surface area contributed by atoms with Gasteiger partial charge in [-0.1, -0.05) is 30.3 Å². The monoisotopic (exact) mass is 308 g/mol. The highest BCUT2D eigenvalue weighted by Gasteiger charge is 2.32. The molecule has 0 saturated heterocycles. The minimum atomic E-state index is -3.81. The van der Waals surface area contributed by atoms with E-state index in [0.29, 0.717) is 11.1 Å². The van der Waals surface area contributed by atoms with Gasteiger partial charge in [-0.05, 0) is 12.0 Å². The molecule has 0 spiro atoms. The van der Waals surface area contributed by atoms with Gasteiger partial charge in [0.25, 0.3) is 0 Å². The SMILES string of the molecule is Cn1cc(CS(=O)(=O)C(Cc2ccccc2)C(=O)O)cn1. The molecule has 7 heteroatoms. The smallest absolute Gasteiger partial charge is 0.322 e. The Kier molecular flexibility index (Phi) is 4.42. The first-order valence-corrected chi connectivity index (χ1v) is 8.06. The maximum Gasteiger partial charge on any atom is 0.322 e. The van der Waals surface area contributed by atoms with Crippen molar-refractivity contribution in [3.05, 3.63) is 53.9 Å². The summed E-state index contributed by atoms with van der Waals surface area (Å²) < 4.78 is 26.2. The highest BCUT2D eigenvalue weighted by Crippen LogP contribution is 2.16. The second-order valence-corrected chi connectivity index (χ2v) is 7.03. The third kappa shape index (κ3) is 3.91. The highest BCUT2D eigenvalue weighted by molar-refractivity contribution is 7.92. The van der Waals surface area contributed by atoms with Crippen molar-refractivity contribution in [1.29, 1.82) is 0 Å². The maximum atomic E-state index is 12.3. The van der Waals surface area contributed by atoms with Crippen molar-refractivity contribution in [2.75, 3.05) is 0 Å². The summed E-state index contributed by atoms with van der Waals surface area (Å²) in [5.41, 5.74) is 1.16. The summed E-state index contributed by atoms with van der Waals surface area (Å²) in [7, 11) is -2.14. The average molecular weight is 308 g/mol.